The third kappa shape index (κ3) is 7.08. The number of nitrogens with zero attached hydrogens (tertiary/aromatic N) is 3. The normalized spacial score (nSPS) is 11.9. The van der Waals surface area contributed by atoms with Gasteiger partial charge in [0, 0.05) is 47.7 Å². The Balaban J connectivity index is 0.000000217. The molecule has 0 saturated carbocycles. The van der Waals surface area contributed by atoms with Crippen molar-refractivity contribution in [2.24, 2.45) is 0 Å². The molecule has 0 saturated heterocycles. The van der Waals surface area contributed by atoms with Crippen LogP contribution in [-0.4, -0.2) is 15.0 Å². The van der Waals surface area contributed by atoms with Crippen molar-refractivity contribution in [3.05, 3.63) is 151 Å². The first-order chi connectivity index (χ1) is 22.3. The summed E-state index contributed by atoms with van der Waals surface area (Å²) < 4.78 is 27.9. The smallest absolute Gasteiger partial charge is 0.216 e. The van der Waals surface area contributed by atoms with Crippen molar-refractivity contribution in [3.8, 4) is 45.1 Å². The number of benzene rings is 4. The van der Waals surface area contributed by atoms with E-state index in [1.54, 1.807) is 18.2 Å². The molecule has 0 spiro atoms. The van der Waals surface area contributed by atoms with Crippen molar-refractivity contribution in [2.45, 2.75) is 26.6 Å². The van der Waals surface area contributed by atoms with Gasteiger partial charge in [-0.3, -0.25) is 0 Å². The summed E-state index contributed by atoms with van der Waals surface area (Å²) >= 11 is 0. The maximum absolute atomic E-state index is 7.23. The number of hydrogen-bond acceptors (Lipinski definition) is 4. The Bertz CT molecular complexity index is 2050. The van der Waals surface area contributed by atoms with E-state index >= 15 is 0 Å². The van der Waals surface area contributed by atoms with Gasteiger partial charge in [0.2, 0.25) is 5.89 Å². The van der Waals surface area contributed by atoms with Crippen LogP contribution in [0.3, 0.4) is 0 Å². The zero-order valence-corrected chi connectivity index (χ0v) is 26.7. The molecule has 0 N–H and O–H groups in total. The zero-order chi connectivity index (χ0) is 32.1. The van der Waals surface area contributed by atoms with Crippen LogP contribution >= 0.6 is 0 Å². The molecule has 0 atom stereocenters. The van der Waals surface area contributed by atoms with E-state index in [-0.39, 0.29) is 25.7 Å². The van der Waals surface area contributed by atoms with E-state index in [0.717, 1.165) is 44.8 Å². The van der Waals surface area contributed by atoms with Gasteiger partial charge in [-0.1, -0.05) is 91.7 Å². The predicted octanol–water partition coefficient (Wildman–Crippen LogP) is 10.0. The minimum atomic E-state index is -2.09. The van der Waals surface area contributed by atoms with Gasteiger partial charge in [0.05, 0.1) is 5.58 Å². The molecule has 219 valence electrons. The summed E-state index contributed by atoms with van der Waals surface area (Å²) in [6, 6.07) is 43.7. The first kappa shape index (κ1) is 26.9. The first-order valence-corrected chi connectivity index (χ1v) is 14.1. The van der Waals surface area contributed by atoms with Gasteiger partial charge in [-0.25, -0.2) is 4.98 Å². The van der Waals surface area contributed by atoms with Crippen LogP contribution in [0, 0.1) is 19.0 Å². The van der Waals surface area contributed by atoms with Gasteiger partial charge in [-0.2, -0.15) is 0 Å². The van der Waals surface area contributed by atoms with E-state index in [2.05, 4.69) is 66.3 Å². The zero-order valence-electron chi connectivity index (χ0n) is 27.3. The molecule has 1 radical (unpaired) electrons. The van der Waals surface area contributed by atoms with Gasteiger partial charge >= 0.3 is 0 Å². The molecule has 0 aliphatic heterocycles. The monoisotopic (exact) mass is 753 g/mol. The Kier molecular flexibility index (Phi) is 8.67. The Morgan fingerprint density at radius 3 is 2.16 bits per heavy atom. The van der Waals surface area contributed by atoms with Crippen LogP contribution in [-0.2, 0) is 20.1 Å². The van der Waals surface area contributed by atoms with E-state index < -0.39 is 6.85 Å². The van der Waals surface area contributed by atoms with E-state index in [9.17, 15) is 0 Å². The fourth-order valence-electron chi connectivity index (χ4n) is 4.69. The summed E-state index contributed by atoms with van der Waals surface area (Å²) in [5.74, 6) is 1.03. The second kappa shape index (κ2) is 14.2. The molecule has 0 bridgehead atoms. The van der Waals surface area contributed by atoms with Crippen LogP contribution in [0.25, 0.3) is 56.2 Å². The predicted molar refractivity (Wildman–Crippen MR) is 174 cm³/mol. The van der Waals surface area contributed by atoms with Crippen LogP contribution in [0.5, 0.6) is 0 Å². The number of oxazole rings is 1. The van der Waals surface area contributed by atoms with Crippen molar-refractivity contribution < 1.29 is 28.6 Å². The average molecular weight is 753 g/mol. The number of fused-ring (bicyclic) bond motifs is 1. The number of rotatable bonds is 5. The molecule has 5 heteroatoms. The largest absolute Gasteiger partial charge is 0.484 e. The van der Waals surface area contributed by atoms with Crippen LogP contribution in [0.4, 0.5) is 0 Å². The SMILES string of the molecule is CC(C)c1ccnc(-c2[c-]c3nc(-c4ccccc4)oc3c(-c3ccccc3)c2)c1.[2H]C([2H])([2H])c1ccc(-c2[c-]cccc2)nc1.[Ir]. The van der Waals surface area contributed by atoms with Crippen molar-refractivity contribution in [1.82, 2.24) is 15.0 Å². The summed E-state index contributed by atoms with van der Waals surface area (Å²) in [7, 11) is 0. The molecule has 0 unspecified atom stereocenters. The van der Waals surface area contributed by atoms with Gasteiger partial charge in [0.15, 0.2) is 0 Å². The van der Waals surface area contributed by atoms with Crippen molar-refractivity contribution in [2.75, 3.05) is 0 Å². The van der Waals surface area contributed by atoms with E-state index in [1.807, 2.05) is 72.9 Å². The van der Waals surface area contributed by atoms with Crippen LogP contribution in [0.1, 0.15) is 35.0 Å². The van der Waals surface area contributed by atoms with E-state index in [1.165, 1.54) is 11.8 Å². The molecule has 4 aromatic carbocycles. The summed E-state index contributed by atoms with van der Waals surface area (Å²) in [5.41, 5.74) is 9.37. The third-order valence-electron chi connectivity index (χ3n) is 6.99. The average Bonchev–Trinajstić information content (AvgIpc) is 3.54. The molecule has 0 fully saturated rings. The topological polar surface area (TPSA) is 51.8 Å². The molecule has 0 amide bonds. The van der Waals surface area contributed by atoms with E-state index in [4.69, 9.17) is 13.5 Å². The summed E-state index contributed by atoms with van der Waals surface area (Å²) in [5, 5.41) is 0. The molecular formula is C39H31IrN3O-2. The van der Waals surface area contributed by atoms with Crippen molar-refractivity contribution in [1.29, 1.82) is 0 Å². The standard InChI is InChI=1S/C27H21N2O.C12H10N.Ir/c1-18(2)21-13-14-28-24(16-21)22-15-23(19-9-5-3-6-10-19)26-25(17-22)29-27(30-26)20-11-7-4-8-12-20;1-10-7-8-12(13-9-10)11-5-3-2-4-6-11;/h3-16,18H,1-2H3;2-5,7-9H,1H3;/q2*-1;/i;1D3;. The molecule has 0 aliphatic carbocycles. The second-order valence-electron chi connectivity index (χ2n) is 10.4. The minimum Gasteiger partial charge on any atom is -0.484 e. The maximum Gasteiger partial charge on any atom is 0.216 e. The molecule has 4 nitrogen and oxygen atoms in total. The number of pyridine rings is 2. The Labute approximate surface area is 276 Å². The minimum absolute atomic E-state index is 0. The number of aromatic nitrogens is 3. The molecule has 3 heterocycles. The van der Waals surface area contributed by atoms with Crippen molar-refractivity contribution >= 4 is 11.1 Å². The number of aryl methyl sites for hydroxylation is 1. The maximum atomic E-state index is 7.23. The molecule has 0 aliphatic rings. The van der Waals surface area contributed by atoms with Crippen molar-refractivity contribution in [3.63, 3.8) is 0 Å². The number of hydrogen-bond donors (Lipinski definition) is 0. The molecule has 7 aromatic rings. The molecular weight excluding hydrogens is 719 g/mol. The van der Waals surface area contributed by atoms with Gasteiger partial charge < -0.3 is 14.4 Å². The fourth-order valence-corrected chi connectivity index (χ4v) is 4.69. The van der Waals surface area contributed by atoms with Crippen LogP contribution in [0.2, 0.25) is 0 Å². The van der Waals surface area contributed by atoms with E-state index in [0.29, 0.717) is 17.3 Å². The quantitative estimate of drug-likeness (QED) is 0.164. The van der Waals surface area contributed by atoms with Gasteiger partial charge in [0.1, 0.15) is 0 Å². The molecule has 44 heavy (non-hydrogen) atoms. The Morgan fingerprint density at radius 1 is 0.750 bits per heavy atom. The summed E-state index contributed by atoms with van der Waals surface area (Å²) in [6.07, 6.45) is 3.26. The second-order valence-corrected chi connectivity index (χ2v) is 10.4. The first-order valence-electron chi connectivity index (χ1n) is 15.6. The van der Waals surface area contributed by atoms with Gasteiger partial charge in [-0.15, -0.1) is 53.6 Å². The molecule has 7 rings (SSSR count). The van der Waals surface area contributed by atoms with Gasteiger partial charge in [-0.05, 0) is 53.5 Å². The Hall–Kier alpha value is -4.70. The van der Waals surface area contributed by atoms with Crippen LogP contribution < -0.4 is 0 Å². The summed E-state index contributed by atoms with van der Waals surface area (Å²) in [4.78, 5) is 13.5. The summed E-state index contributed by atoms with van der Waals surface area (Å²) in [6.45, 7) is 2.28. The van der Waals surface area contributed by atoms with Gasteiger partial charge in [0.25, 0.3) is 0 Å². The Morgan fingerprint density at radius 2 is 1.50 bits per heavy atom. The fraction of sp³-hybridized carbons (Fsp3) is 0.103. The van der Waals surface area contributed by atoms with Crippen LogP contribution in [0.15, 0.2) is 132 Å². The molecule has 3 aromatic heterocycles. The third-order valence-corrected chi connectivity index (χ3v) is 6.99.